The fraction of sp³-hybridized carbons (Fsp3) is 0. The first-order valence-corrected chi connectivity index (χ1v) is 6.17. The number of nitrogens with two attached hydrogens (primary N) is 1. The van der Waals surface area contributed by atoms with E-state index in [1.807, 2.05) is 10.8 Å². The summed E-state index contributed by atoms with van der Waals surface area (Å²) in [6.07, 6.45) is 0. The summed E-state index contributed by atoms with van der Waals surface area (Å²) in [7, 11) is 0. The van der Waals surface area contributed by atoms with Gasteiger partial charge in [0.15, 0.2) is 5.82 Å². The number of halogens is 2. The summed E-state index contributed by atoms with van der Waals surface area (Å²) in [6.45, 7) is 0. The van der Waals surface area contributed by atoms with Crippen LogP contribution in [0.3, 0.4) is 0 Å². The second-order valence-corrected chi connectivity index (χ2v) is 4.53. The first-order chi connectivity index (χ1) is 9.16. The third kappa shape index (κ3) is 1.95. The monoisotopic (exact) mass is 279 g/mol. The minimum absolute atomic E-state index is 0.0510. The summed E-state index contributed by atoms with van der Waals surface area (Å²) >= 11 is 1.46. The van der Waals surface area contributed by atoms with Gasteiger partial charge in [-0.25, -0.2) is 8.78 Å². The molecule has 0 aliphatic heterocycles. The normalized spacial score (nSPS) is 10.8. The van der Waals surface area contributed by atoms with Crippen molar-refractivity contribution in [1.29, 1.82) is 0 Å². The lowest BCUT2D eigenvalue weighted by Crippen LogP contribution is -2.01. The molecule has 2 heterocycles. The Hall–Kier alpha value is -2.35. The minimum atomic E-state index is -0.809. The summed E-state index contributed by atoms with van der Waals surface area (Å²) in [4.78, 5) is 0. The van der Waals surface area contributed by atoms with Crippen LogP contribution in [-0.4, -0.2) is 20.2 Å². The fourth-order valence-electron chi connectivity index (χ4n) is 1.64. The highest BCUT2D eigenvalue weighted by atomic mass is 32.1. The van der Waals surface area contributed by atoms with Gasteiger partial charge in [-0.15, -0.1) is 5.10 Å². The molecule has 0 bridgehead atoms. The summed E-state index contributed by atoms with van der Waals surface area (Å²) in [5.41, 5.74) is 6.04. The Labute approximate surface area is 110 Å². The molecule has 2 N–H and O–H groups in total. The van der Waals surface area contributed by atoms with E-state index in [4.69, 9.17) is 5.73 Å². The molecular weight excluding hydrogens is 272 g/mol. The number of nitrogen functional groups attached to an aromatic ring is 1. The molecule has 0 spiro atoms. The molecule has 0 atom stereocenters. The predicted molar refractivity (Wildman–Crippen MR) is 66.8 cm³/mol. The molecule has 0 aliphatic carbocycles. The number of hydrogen-bond donors (Lipinski definition) is 1. The van der Waals surface area contributed by atoms with E-state index in [2.05, 4.69) is 15.5 Å². The van der Waals surface area contributed by atoms with Gasteiger partial charge in [-0.1, -0.05) is 0 Å². The van der Waals surface area contributed by atoms with E-state index in [1.54, 1.807) is 6.07 Å². The molecule has 0 unspecified atom stereocenters. The number of hydrogen-bond acceptors (Lipinski definition) is 5. The zero-order valence-corrected chi connectivity index (χ0v) is 10.2. The van der Waals surface area contributed by atoms with Gasteiger partial charge < -0.3 is 5.73 Å². The maximum absolute atomic E-state index is 13.8. The van der Waals surface area contributed by atoms with Crippen LogP contribution in [0.4, 0.5) is 14.5 Å². The molecule has 8 heteroatoms. The van der Waals surface area contributed by atoms with Gasteiger partial charge in [0.25, 0.3) is 0 Å². The Morgan fingerprint density at radius 1 is 1.21 bits per heavy atom. The Morgan fingerprint density at radius 3 is 2.79 bits per heavy atom. The maximum atomic E-state index is 13.8. The average Bonchev–Trinajstić information content (AvgIpc) is 3.03. The number of nitrogens with zero attached hydrogens (tertiary/aromatic N) is 4. The zero-order valence-electron chi connectivity index (χ0n) is 9.42. The molecule has 0 fully saturated rings. The third-order valence-corrected chi connectivity index (χ3v) is 3.22. The van der Waals surface area contributed by atoms with Crippen LogP contribution in [0.5, 0.6) is 0 Å². The van der Waals surface area contributed by atoms with Crippen LogP contribution in [0.1, 0.15) is 0 Å². The highest BCUT2D eigenvalue weighted by Gasteiger charge is 2.17. The molecule has 5 nitrogen and oxygen atoms in total. The third-order valence-electron chi connectivity index (χ3n) is 2.55. The summed E-state index contributed by atoms with van der Waals surface area (Å²) in [5, 5.41) is 14.7. The van der Waals surface area contributed by atoms with Crippen LogP contribution in [-0.2, 0) is 0 Å². The number of anilines is 1. The van der Waals surface area contributed by atoms with Crippen molar-refractivity contribution in [3.05, 3.63) is 40.6 Å². The molecule has 0 saturated carbocycles. The second kappa shape index (κ2) is 4.39. The van der Waals surface area contributed by atoms with Gasteiger partial charge in [-0.05, 0) is 27.9 Å². The molecular formula is C11H7F2N5S. The van der Waals surface area contributed by atoms with Crippen LogP contribution >= 0.6 is 11.3 Å². The van der Waals surface area contributed by atoms with E-state index in [9.17, 15) is 8.78 Å². The van der Waals surface area contributed by atoms with Crippen LogP contribution in [0, 0.1) is 11.6 Å². The summed E-state index contributed by atoms with van der Waals surface area (Å²) < 4.78 is 28.3. The zero-order chi connectivity index (χ0) is 13.4. The SMILES string of the molecule is Nc1cc(-c2nnnn2-c2ccsc2)c(F)cc1F. The molecule has 1 aromatic carbocycles. The molecule has 3 rings (SSSR count). The van der Waals surface area contributed by atoms with E-state index in [0.29, 0.717) is 5.69 Å². The lowest BCUT2D eigenvalue weighted by molar-refractivity contribution is 0.587. The molecule has 0 aliphatic rings. The Balaban J connectivity index is 2.19. The van der Waals surface area contributed by atoms with Crippen molar-refractivity contribution in [2.75, 3.05) is 5.73 Å². The van der Waals surface area contributed by atoms with Crippen molar-refractivity contribution >= 4 is 17.0 Å². The van der Waals surface area contributed by atoms with E-state index in [0.717, 1.165) is 6.07 Å². The average molecular weight is 279 g/mol. The predicted octanol–water partition coefficient (Wildman–Crippen LogP) is 2.25. The second-order valence-electron chi connectivity index (χ2n) is 3.75. The number of thiophene rings is 1. The maximum Gasteiger partial charge on any atom is 0.190 e. The topological polar surface area (TPSA) is 69.6 Å². The number of tetrazole rings is 1. The smallest absolute Gasteiger partial charge is 0.190 e. The number of rotatable bonds is 2. The number of benzene rings is 1. The largest absolute Gasteiger partial charge is 0.396 e. The Bertz CT molecular complexity index is 723. The van der Waals surface area contributed by atoms with Crippen molar-refractivity contribution < 1.29 is 8.78 Å². The van der Waals surface area contributed by atoms with Gasteiger partial charge in [0.1, 0.15) is 11.6 Å². The van der Waals surface area contributed by atoms with Gasteiger partial charge in [0.05, 0.1) is 16.9 Å². The highest BCUT2D eigenvalue weighted by molar-refractivity contribution is 7.08. The molecule has 0 saturated heterocycles. The van der Waals surface area contributed by atoms with Crippen LogP contribution in [0.25, 0.3) is 17.1 Å². The van der Waals surface area contributed by atoms with Crippen LogP contribution in [0.2, 0.25) is 0 Å². The minimum Gasteiger partial charge on any atom is -0.396 e. The fourth-order valence-corrected chi connectivity index (χ4v) is 2.26. The molecule has 19 heavy (non-hydrogen) atoms. The first-order valence-electron chi connectivity index (χ1n) is 5.22. The van der Waals surface area contributed by atoms with Crippen LogP contribution < -0.4 is 5.73 Å². The molecule has 0 radical (unpaired) electrons. The number of aromatic nitrogens is 4. The summed E-state index contributed by atoms with van der Waals surface area (Å²) in [6, 6.07) is 3.69. The van der Waals surface area contributed by atoms with E-state index in [1.165, 1.54) is 22.1 Å². The van der Waals surface area contributed by atoms with Crippen LogP contribution in [0.15, 0.2) is 29.0 Å². The first kappa shape index (κ1) is 11.7. The highest BCUT2D eigenvalue weighted by Crippen LogP contribution is 2.26. The lowest BCUT2D eigenvalue weighted by Gasteiger charge is -2.05. The van der Waals surface area contributed by atoms with Gasteiger partial charge in [-0.3, -0.25) is 0 Å². The van der Waals surface area contributed by atoms with Gasteiger partial charge in [0.2, 0.25) is 0 Å². The van der Waals surface area contributed by atoms with Gasteiger partial charge in [0, 0.05) is 11.4 Å². The van der Waals surface area contributed by atoms with Crippen molar-refractivity contribution in [1.82, 2.24) is 20.2 Å². The summed E-state index contributed by atoms with van der Waals surface area (Å²) in [5.74, 6) is -1.41. The van der Waals surface area contributed by atoms with Crippen molar-refractivity contribution in [3.8, 4) is 17.1 Å². The molecule has 3 aromatic rings. The lowest BCUT2D eigenvalue weighted by atomic mass is 10.1. The van der Waals surface area contributed by atoms with E-state index >= 15 is 0 Å². The van der Waals surface area contributed by atoms with E-state index < -0.39 is 11.6 Å². The molecule has 2 aromatic heterocycles. The van der Waals surface area contributed by atoms with Gasteiger partial charge >= 0.3 is 0 Å². The molecule has 0 amide bonds. The van der Waals surface area contributed by atoms with E-state index in [-0.39, 0.29) is 17.1 Å². The van der Waals surface area contributed by atoms with Crippen molar-refractivity contribution in [2.45, 2.75) is 0 Å². The van der Waals surface area contributed by atoms with Gasteiger partial charge in [-0.2, -0.15) is 16.0 Å². The van der Waals surface area contributed by atoms with Crippen molar-refractivity contribution in [2.24, 2.45) is 0 Å². The van der Waals surface area contributed by atoms with Crippen molar-refractivity contribution in [3.63, 3.8) is 0 Å². The Kier molecular flexibility index (Phi) is 2.71. The standard InChI is InChI=1S/C11H7F2N5S/c12-8-4-9(13)10(14)3-7(8)11-15-16-17-18(11)6-1-2-19-5-6/h1-5H,14H2. The molecule has 96 valence electrons. The quantitative estimate of drug-likeness (QED) is 0.730. The Morgan fingerprint density at radius 2 is 2.05 bits per heavy atom.